The van der Waals surface area contributed by atoms with Gasteiger partial charge in [-0.2, -0.15) is 0 Å². The molecule has 0 heterocycles. The number of rotatable bonds is 15. The topological polar surface area (TPSA) is 108 Å². The van der Waals surface area contributed by atoms with E-state index in [-0.39, 0.29) is 19.4 Å². The van der Waals surface area contributed by atoms with Crippen LogP contribution in [0.25, 0.3) is 0 Å². The van der Waals surface area contributed by atoms with Gasteiger partial charge in [-0.1, -0.05) is 39.5 Å². The Bertz CT molecular complexity index is 426. The maximum absolute atomic E-state index is 11.8. The molecule has 2 atom stereocenters. The van der Waals surface area contributed by atoms with E-state index in [1.165, 1.54) is 0 Å². The summed E-state index contributed by atoms with van der Waals surface area (Å²) in [5.41, 5.74) is 0. The van der Waals surface area contributed by atoms with Gasteiger partial charge in [0.05, 0.1) is 6.61 Å². The molecule has 0 saturated heterocycles. The summed E-state index contributed by atoms with van der Waals surface area (Å²) in [6.07, 6.45) is 4.75. The second-order valence-electron chi connectivity index (χ2n) is 5.66. The van der Waals surface area contributed by atoms with E-state index < -0.39 is 32.5 Å². The lowest BCUT2D eigenvalue weighted by Crippen LogP contribution is -2.29. The number of hydrogen-bond acceptors (Lipinski definition) is 7. The van der Waals surface area contributed by atoms with Crippen molar-refractivity contribution >= 4 is 19.8 Å². The number of unbranched alkanes of at least 4 members (excludes halogenated alkanes) is 4. The minimum atomic E-state index is -4.20. The van der Waals surface area contributed by atoms with E-state index in [1.807, 2.05) is 13.8 Å². The molecule has 0 aliphatic carbocycles. The first-order valence-corrected chi connectivity index (χ1v) is 10.2. The molecular weight excluding hydrogens is 351 g/mol. The summed E-state index contributed by atoms with van der Waals surface area (Å²) in [7, 11) is -3.17. The molecule has 1 N–H and O–H groups in total. The lowest BCUT2D eigenvalue weighted by atomic mass is 10.2. The van der Waals surface area contributed by atoms with E-state index in [2.05, 4.69) is 4.52 Å². The fourth-order valence-electron chi connectivity index (χ4n) is 1.89. The van der Waals surface area contributed by atoms with Crippen molar-refractivity contribution in [1.82, 2.24) is 0 Å². The highest BCUT2D eigenvalue weighted by Crippen LogP contribution is 2.42. The molecule has 9 heteroatoms. The molecular formula is C16H31O8P. The average Bonchev–Trinajstić information content (AvgIpc) is 2.58. The number of carbonyl (C=O) groups is 2. The molecule has 0 saturated carbocycles. The van der Waals surface area contributed by atoms with Crippen LogP contribution in [0.3, 0.4) is 0 Å². The first kappa shape index (κ1) is 24.1. The number of phosphoric acid groups is 1. The van der Waals surface area contributed by atoms with Crippen LogP contribution in [0, 0.1) is 0 Å². The molecule has 0 bridgehead atoms. The van der Waals surface area contributed by atoms with Crippen LogP contribution in [0.4, 0.5) is 0 Å². The van der Waals surface area contributed by atoms with Gasteiger partial charge in [-0.3, -0.25) is 18.6 Å². The molecule has 0 aromatic heterocycles. The fraction of sp³-hybridized carbons (Fsp3) is 0.875. The Balaban J connectivity index is 4.43. The highest BCUT2D eigenvalue weighted by Gasteiger charge is 2.24. The van der Waals surface area contributed by atoms with Gasteiger partial charge in [-0.15, -0.1) is 0 Å². The molecule has 148 valence electrons. The third-order valence-corrected chi connectivity index (χ3v) is 4.29. The zero-order valence-electron chi connectivity index (χ0n) is 15.4. The molecule has 0 aromatic rings. The summed E-state index contributed by atoms with van der Waals surface area (Å²) >= 11 is 0. The van der Waals surface area contributed by atoms with Crippen LogP contribution in [0.5, 0.6) is 0 Å². The highest BCUT2D eigenvalue weighted by atomic mass is 31.2. The number of ether oxygens (including phenoxy) is 2. The van der Waals surface area contributed by atoms with Crippen LogP contribution in [0.15, 0.2) is 0 Å². The van der Waals surface area contributed by atoms with Gasteiger partial charge in [0.25, 0.3) is 0 Å². The predicted molar refractivity (Wildman–Crippen MR) is 91.9 cm³/mol. The molecule has 0 rings (SSSR count). The quantitative estimate of drug-likeness (QED) is 0.261. The van der Waals surface area contributed by atoms with Gasteiger partial charge in [0.15, 0.2) is 6.10 Å². The van der Waals surface area contributed by atoms with Gasteiger partial charge in [-0.05, 0) is 12.8 Å². The third-order valence-electron chi connectivity index (χ3n) is 3.35. The van der Waals surface area contributed by atoms with Crippen molar-refractivity contribution in [1.29, 1.82) is 0 Å². The Kier molecular flexibility index (Phi) is 13.7. The van der Waals surface area contributed by atoms with Gasteiger partial charge in [0, 0.05) is 20.0 Å². The Morgan fingerprint density at radius 2 is 1.52 bits per heavy atom. The Morgan fingerprint density at radius 1 is 0.960 bits per heavy atom. The molecule has 0 aliphatic heterocycles. The summed E-state index contributed by atoms with van der Waals surface area (Å²) in [6.45, 7) is 3.42. The number of hydrogen-bond donors (Lipinski definition) is 1. The average molecular weight is 382 g/mol. The van der Waals surface area contributed by atoms with E-state index >= 15 is 0 Å². The molecule has 0 aliphatic rings. The van der Waals surface area contributed by atoms with E-state index in [9.17, 15) is 19.0 Å². The molecule has 0 radical (unpaired) electrons. The van der Waals surface area contributed by atoms with Crippen LogP contribution in [-0.4, -0.2) is 43.3 Å². The largest absolute Gasteiger partial charge is 0.472 e. The molecule has 8 nitrogen and oxygen atoms in total. The molecule has 25 heavy (non-hydrogen) atoms. The minimum Gasteiger partial charge on any atom is -0.462 e. The van der Waals surface area contributed by atoms with Gasteiger partial charge < -0.3 is 14.4 Å². The molecule has 0 aromatic carbocycles. The van der Waals surface area contributed by atoms with E-state index in [1.54, 1.807) is 0 Å². The van der Waals surface area contributed by atoms with Gasteiger partial charge >= 0.3 is 19.8 Å². The van der Waals surface area contributed by atoms with Crippen molar-refractivity contribution in [3.63, 3.8) is 0 Å². The number of esters is 2. The van der Waals surface area contributed by atoms with E-state index in [0.717, 1.165) is 39.2 Å². The smallest absolute Gasteiger partial charge is 0.462 e. The summed E-state index contributed by atoms with van der Waals surface area (Å²) in [6, 6.07) is 0. The molecule has 0 spiro atoms. The predicted octanol–water partition coefficient (Wildman–Crippen LogP) is 3.37. The fourth-order valence-corrected chi connectivity index (χ4v) is 2.35. The van der Waals surface area contributed by atoms with Crippen LogP contribution in [-0.2, 0) is 32.7 Å². The standard InChI is InChI=1S/C16H31O8P/c1-4-6-8-10-15(17)22-12-14(13-23-25(19,20)21-3)24-16(18)11-9-7-5-2/h14H,4-13H2,1-3H3,(H,19,20)/t14-/m1/s1. The maximum atomic E-state index is 11.8. The van der Waals surface area contributed by atoms with Gasteiger partial charge in [0.1, 0.15) is 6.61 Å². The summed E-state index contributed by atoms with van der Waals surface area (Å²) < 4.78 is 30.6. The Hall–Kier alpha value is -0.950. The van der Waals surface area contributed by atoms with Crippen molar-refractivity contribution in [2.24, 2.45) is 0 Å². The monoisotopic (exact) mass is 382 g/mol. The minimum absolute atomic E-state index is 0.228. The summed E-state index contributed by atoms with van der Waals surface area (Å²) in [4.78, 5) is 32.7. The van der Waals surface area contributed by atoms with Crippen molar-refractivity contribution in [2.45, 2.75) is 71.3 Å². The van der Waals surface area contributed by atoms with E-state index in [4.69, 9.17) is 14.0 Å². The van der Waals surface area contributed by atoms with Crippen molar-refractivity contribution in [2.75, 3.05) is 20.3 Å². The third kappa shape index (κ3) is 14.0. The van der Waals surface area contributed by atoms with Crippen molar-refractivity contribution < 1.29 is 37.6 Å². The van der Waals surface area contributed by atoms with Crippen LogP contribution in [0.1, 0.15) is 65.2 Å². The van der Waals surface area contributed by atoms with Crippen LogP contribution >= 0.6 is 7.82 Å². The number of phosphoric ester groups is 1. The summed E-state index contributed by atoms with van der Waals surface area (Å²) in [5.74, 6) is -0.867. The molecule has 1 unspecified atom stereocenters. The van der Waals surface area contributed by atoms with E-state index in [0.29, 0.717) is 6.42 Å². The Labute approximate surface area is 149 Å². The van der Waals surface area contributed by atoms with Crippen molar-refractivity contribution in [3.8, 4) is 0 Å². The van der Waals surface area contributed by atoms with Gasteiger partial charge in [-0.25, -0.2) is 4.57 Å². The van der Waals surface area contributed by atoms with Crippen LogP contribution < -0.4 is 0 Å². The number of carbonyl (C=O) groups excluding carboxylic acids is 2. The SMILES string of the molecule is CCCCCC(=O)OC[C@H](COP(=O)(O)OC)OC(=O)CCCCC. The first-order chi connectivity index (χ1) is 11.8. The van der Waals surface area contributed by atoms with Crippen molar-refractivity contribution in [3.05, 3.63) is 0 Å². The summed E-state index contributed by atoms with van der Waals surface area (Å²) in [5, 5.41) is 0. The second-order valence-corrected chi connectivity index (χ2v) is 7.22. The molecule has 0 fully saturated rings. The van der Waals surface area contributed by atoms with Crippen LogP contribution in [0.2, 0.25) is 0 Å². The zero-order valence-corrected chi connectivity index (χ0v) is 16.3. The zero-order chi connectivity index (χ0) is 19.1. The lowest BCUT2D eigenvalue weighted by molar-refractivity contribution is -0.161. The maximum Gasteiger partial charge on any atom is 0.472 e. The Morgan fingerprint density at radius 3 is 2.04 bits per heavy atom. The lowest BCUT2D eigenvalue weighted by Gasteiger charge is -2.19. The normalized spacial score (nSPS) is 14.6. The van der Waals surface area contributed by atoms with Gasteiger partial charge in [0.2, 0.25) is 0 Å². The molecule has 0 amide bonds. The second kappa shape index (κ2) is 14.2. The highest BCUT2D eigenvalue weighted by molar-refractivity contribution is 7.47. The first-order valence-electron chi connectivity index (χ1n) is 8.72.